The monoisotopic (exact) mass is 655 g/mol. The van der Waals surface area contributed by atoms with Gasteiger partial charge in [0.25, 0.3) is 0 Å². The quantitative estimate of drug-likeness (QED) is 0.103. The number of halogens is 3. The predicted molar refractivity (Wildman–Crippen MR) is 183 cm³/mol. The summed E-state index contributed by atoms with van der Waals surface area (Å²) in [6.07, 6.45) is 9.00. The molecule has 0 fully saturated rings. The van der Waals surface area contributed by atoms with Gasteiger partial charge in [0.05, 0.1) is 6.61 Å². The summed E-state index contributed by atoms with van der Waals surface area (Å²) < 4.78 is 49.7. The Kier molecular flexibility index (Phi) is 16.8. The number of hydrogen-bond donors (Lipinski definition) is 1. The van der Waals surface area contributed by atoms with Gasteiger partial charge in [-0.05, 0) is 73.3 Å². The average Bonchev–Trinajstić information content (AvgIpc) is 3.06. The molecule has 0 aliphatic heterocycles. The normalized spacial score (nSPS) is 13.0. The van der Waals surface area contributed by atoms with Crippen molar-refractivity contribution in [1.29, 1.82) is 0 Å². The highest BCUT2D eigenvalue weighted by atomic mass is 19.4. The number of nitrogens with zero attached hydrogens (tertiary/aromatic N) is 1. The smallest absolute Gasteiger partial charge is 0.414 e. The number of carbonyl (C=O) groups is 1. The fraction of sp³-hybridized carbons (Fsp3) is 0.538. The van der Waals surface area contributed by atoms with Crippen LogP contribution < -0.4 is 4.74 Å². The number of benzene rings is 2. The molecule has 0 spiro atoms. The zero-order valence-electron chi connectivity index (χ0n) is 28.1. The maximum atomic E-state index is 12.9. The van der Waals surface area contributed by atoms with Crippen molar-refractivity contribution in [2.45, 2.75) is 122 Å². The first-order valence-electron chi connectivity index (χ1n) is 17.4. The van der Waals surface area contributed by atoms with Gasteiger partial charge in [-0.2, -0.15) is 13.2 Å². The van der Waals surface area contributed by atoms with Gasteiger partial charge in [-0.25, -0.2) is 4.98 Å². The van der Waals surface area contributed by atoms with Gasteiger partial charge in [0.15, 0.2) is 6.10 Å². The number of rotatable bonds is 23. The van der Waals surface area contributed by atoms with Gasteiger partial charge < -0.3 is 14.6 Å². The number of ether oxygens (including phenoxy) is 2. The van der Waals surface area contributed by atoms with E-state index in [2.05, 4.69) is 36.2 Å². The zero-order valence-corrected chi connectivity index (χ0v) is 28.1. The standard InChI is InChI=1S/C39H52F3NO4/c1-3-4-5-6-7-8-9-10-14-26-47-37-25-23-34(29-43-37)36-28-33(22-24-35(36)32-17-12-11-13-18-32)31(19-15-21-38(44)45)20-16-27-46-30(2)39(40,41)42/h11-13,17-18,22-25,28-31H,3-10,14-16,19-21,26-27H2,1-2H3,(H,44,45). The van der Waals surface area contributed by atoms with Gasteiger partial charge in [0.2, 0.25) is 5.88 Å². The first kappa shape index (κ1) is 38.1. The van der Waals surface area contributed by atoms with E-state index in [4.69, 9.17) is 9.47 Å². The minimum absolute atomic E-state index is 0.0184. The van der Waals surface area contributed by atoms with E-state index in [0.29, 0.717) is 38.2 Å². The van der Waals surface area contributed by atoms with Crippen LogP contribution in [-0.2, 0) is 9.53 Å². The molecule has 0 bridgehead atoms. The summed E-state index contributed by atoms with van der Waals surface area (Å²) in [7, 11) is 0. The van der Waals surface area contributed by atoms with Crippen LogP contribution in [0.2, 0.25) is 0 Å². The number of hydrogen-bond acceptors (Lipinski definition) is 4. The Bertz CT molecular complexity index is 1300. The van der Waals surface area contributed by atoms with Crippen molar-refractivity contribution in [2.75, 3.05) is 13.2 Å². The lowest BCUT2D eigenvalue weighted by molar-refractivity contribution is -0.214. The molecular formula is C39H52F3NO4. The predicted octanol–water partition coefficient (Wildman–Crippen LogP) is 11.4. The minimum atomic E-state index is -4.40. The van der Waals surface area contributed by atoms with Crippen molar-refractivity contribution < 1.29 is 32.5 Å². The molecule has 47 heavy (non-hydrogen) atoms. The molecule has 1 heterocycles. The first-order valence-corrected chi connectivity index (χ1v) is 17.4. The van der Waals surface area contributed by atoms with Crippen LogP contribution in [0.25, 0.3) is 22.3 Å². The molecule has 2 aromatic carbocycles. The van der Waals surface area contributed by atoms with Gasteiger partial charge in [0, 0.05) is 30.9 Å². The van der Waals surface area contributed by atoms with Crippen LogP contribution in [-0.4, -0.2) is 41.6 Å². The van der Waals surface area contributed by atoms with E-state index in [1.807, 2.05) is 42.6 Å². The van der Waals surface area contributed by atoms with Crippen molar-refractivity contribution in [3.8, 4) is 28.1 Å². The fourth-order valence-electron chi connectivity index (χ4n) is 5.80. The maximum absolute atomic E-state index is 12.9. The maximum Gasteiger partial charge on any atom is 0.414 e. The topological polar surface area (TPSA) is 68.7 Å². The van der Waals surface area contributed by atoms with E-state index in [9.17, 15) is 23.1 Å². The second-order valence-electron chi connectivity index (χ2n) is 12.4. The van der Waals surface area contributed by atoms with Crippen LogP contribution in [0, 0.1) is 0 Å². The van der Waals surface area contributed by atoms with E-state index < -0.39 is 18.2 Å². The molecule has 1 aromatic heterocycles. The van der Waals surface area contributed by atoms with Crippen molar-refractivity contribution in [1.82, 2.24) is 4.98 Å². The highest BCUT2D eigenvalue weighted by molar-refractivity contribution is 5.83. The van der Waals surface area contributed by atoms with E-state index in [1.165, 1.54) is 44.9 Å². The summed E-state index contributed by atoms with van der Waals surface area (Å²) in [4.78, 5) is 15.8. The fourth-order valence-corrected chi connectivity index (χ4v) is 5.80. The third kappa shape index (κ3) is 14.1. The molecule has 0 aliphatic rings. The Balaban J connectivity index is 1.71. The van der Waals surface area contributed by atoms with E-state index in [0.717, 1.165) is 47.6 Å². The number of unbranched alkanes of at least 4 members (excludes halogenated alkanes) is 8. The lowest BCUT2D eigenvalue weighted by atomic mass is 9.85. The molecule has 0 aliphatic carbocycles. The number of alkyl halides is 3. The van der Waals surface area contributed by atoms with Crippen molar-refractivity contribution in [3.05, 3.63) is 72.4 Å². The van der Waals surface area contributed by atoms with Crippen LogP contribution >= 0.6 is 0 Å². The highest BCUT2D eigenvalue weighted by Crippen LogP contribution is 2.37. The van der Waals surface area contributed by atoms with Crippen LogP contribution in [0.3, 0.4) is 0 Å². The summed E-state index contributed by atoms with van der Waals surface area (Å²) in [5, 5.41) is 9.22. The summed E-state index contributed by atoms with van der Waals surface area (Å²) >= 11 is 0. The molecule has 0 radical (unpaired) electrons. The second kappa shape index (κ2) is 20.8. The Morgan fingerprint density at radius 3 is 2.11 bits per heavy atom. The molecular weight excluding hydrogens is 603 g/mol. The van der Waals surface area contributed by atoms with Gasteiger partial charge >= 0.3 is 12.1 Å². The van der Waals surface area contributed by atoms with E-state index >= 15 is 0 Å². The third-order valence-electron chi connectivity index (χ3n) is 8.61. The van der Waals surface area contributed by atoms with Crippen molar-refractivity contribution in [3.63, 3.8) is 0 Å². The molecule has 3 aromatic rings. The van der Waals surface area contributed by atoms with Gasteiger partial charge in [-0.3, -0.25) is 4.79 Å². The molecule has 0 amide bonds. The van der Waals surface area contributed by atoms with Gasteiger partial charge in [0.1, 0.15) is 0 Å². The number of pyridine rings is 1. The molecule has 0 saturated carbocycles. The number of aliphatic carboxylic acids is 1. The van der Waals surface area contributed by atoms with Crippen LogP contribution in [0.1, 0.15) is 115 Å². The SMILES string of the molecule is CCCCCCCCCCCOc1ccc(-c2cc(C(CCCOC(C)C(F)(F)F)CCCC(=O)O)ccc2-c2ccccc2)cn1. The molecule has 0 saturated heterocycles. The largest absolute Gasteiger partial charge is 0.481 e. The Labute approximate surface area is 278 Å². The van der Waals surface area contributed by atoms with E-state index in [-0.39, 0.29) is 18.9 Å². The average molecular weight is 656 g/mol. The molecule has 258 valence electrons. The highest BCUT2D eigenvalue weighted by Gasteiger charge is 2.36. The number of carboxylic acids is 1. The summed E-state index contributed by atoms with van der Waals surface area (Å²) in [5.41, 5.74) is 5.01. The Morgan fingerprint density at radius 2 is 1.47 bits per heavy atom. The minimum Gasteiger partial charge on any atom is -0.481 e. The second-order valence-corrected chi connectivity index (χ2v) is 12.4. The summed E-state index contributed by atoms with van der Waals surface area (Å²) in [6, 6.07) is 20.2. The van der Waals surface area contributed by atoms with Gasteiger partial charge in [-0.15, -0.1) is 0 Å². The Hall–Kier alpha value is -3.39. The zero-order chi connectivity index (χ0) is 33.9. The first-order chi connectivity index (χ1) is 22.7. The Morgan fingerprint density at radius 1 is 0.787 bits per heavy atom. The molecule has 1 N–H and O–H groups in total. The lowest BCUT2D eigenvalue weighted by Crippen LogP contribution is -2.28. The molecule has 8 heteroatoms. The van der Waals surface area contributed by atoms with E-state index in [1.54, 1.807) is 0 Å². The molecule has 2 unspecified atom stereocenters. The number of carboxylic acid groups (broad SMARTS) is 1. The van der Waals surface area contributed by atoms with Crippen molar-refractivity contribution in [2.24, 2.45) is 0 Å². The lowest BCUT2D eigenvalue weighted by Gasteiger charge is -2.21. The molecule has 5 nitrogen and oxygen atoms in total. The third-order valence-corrected chi connectivity index (χ3v) is 8.61. The van der Waals surface area contributed by atoms with Crippen molar-refractivity contribution >= 4 is 5.97 Å². The van der Waals surface area contributed by atoms with Gasteiger partial charge in [-0.1, -0.05) is 107 Å². The molecule has 2 atom stereocenters. The van der Waals surface area contributed by atoms with Crippen LogP contribution in [0.4, 0.5) is 13.2 Å². The molecule has 3 rings (SSSR count). The van der Waals surface area contributed by atoms with Crippen LogP contribution in [0.15, 0.2) is 66.9 Å². The summed E-state index contributed by atoms with van der Waals surface area (Å²) in [5.74, 6) is -0.308. The summed E-state index contributed by atoms with van der Waals surface area (Å²) in [6.45, 7) is 3.87. The van der Waals surface area contributed by atoms with Crippen LogP contribution in [0.5, 0.6) is 5.88 Å². The number of aromatic nitrogens is 1.